The van der Waals surface area contributed by atoms with E-state index < -0.39 is 8.07 Å². The third-order valence-electron chi connectivity index (χ3n) is 9.94. The summed E-state index contributed by atoms with van der Waals surface area (Å²) in [4.78, 5) is 0. The molecule has 0 bridgehead atoms. The minimum atomic E-state index is -2.02. The van der Waals surface area contributed by atoms with Gasteiger partial charge in [0.05, 0.1) is 14.5 Å². The Morgan fingerprint density at radius 2 is 1.46 bits per heavy atom. The molecule has 5 aromatic rings. The predicted octanol–water partition coefficient (Wildman–Crippen LogP) is 9.27. The van der Waals surface area contributed by atoms with Gasteiger partial charge in [0.1, 0.15) is 0 Å². The van der Waals surface area contributed by atoms with Gasteiger partial charge in [-0.3, -0.25) is 0 Å². The van der Waals surface area contributed by atoms with Gasteiger partial charge in [-0.05, 0) is 74.9 Å². The van der Waals surface area contributed by atoms with E-state index in [1.165, 1.54) is 67.2 Å². The van der Waals surface area contributed by atoms with Crippen LogP contribution in [0.25, 0.3) is 45.7 Å². The molecule has 194 valence electrons. The first-order valence-electron chi connectivity index (χ1n) is 14.7. The van der Waals surface area contributed by atoms with E-state index in [2.05, 4.69) is 145 Å². The number of fused-ring (bicyclic) bond motifs is 9. The summed E-state index contributed by atoms with van der Waals surface area (Å²) in [6.07, 6.45) is 7.65. The van der Waals surface area contributed by atoms with Crippen LogP contribution in [0.5, 0.6) is 0 Å². The Morgan fingerprint density at radius 3 is 2.29 bits per heavy atom. The van der Waals surface area contributed by atoms with Crippen LogP contribution in [0.4, 0.5) is 0 Å². The minimum absolute atomic E-state index is 0.408. The number of hydrogen-bond acceptors (Lipinski definition) is 0. The van der Waals surface area contributed by atoms with E-state index in [9.17, 15) is 0 Å². The molecule has 1 aliphatic heterocycles. The lowest BCUT2D eigenvalue weighted by molar-refractivity contribution is 0.867. The van der Waals surface area contributed by atoms with Crippen molar-refractivity contribution >= 4 is 25.8 Å². The van der Waals surface area contributed by atoms with Crippen molar-refractivity contribution in [2.24, 2.45) is 0 Å². The lowest BCUT2D eigenvalue weighted by atomic mass is 9.92. The summed E-state index contributed by atoms with van der Waals surface area (Å²) in [5.74, 6) is 6.68. The second-order valence-corrected chi connectivity index (χ2v) is 17.1. The molecule has 2 heterocycles. The Kier molecular flexibility index (Phi) is 4.65. The van der Waals surface area contributed by atoms with Crippen LogP contribution in [0, 0.1) is 11.8 Å². The molecule has 9 rings (SSSR count). The quantitative estimate of drug-likeness (QED) is 0.156. The molecular formula is C39H29NSi. The van der Waals surface area contributed by atoms with Gasteiger partial charge in [0, 0.05) is 39.3 Å². The van der Waals surface area contributed by atoms with Crippen LogP contribution in [-0.2, 0) is 6.42 Å². The van der Waals surface area contributed by atoms with Crippen molar-refractivity contribution in [2.75, 3.05) is 0 Å². The molecule has 0 radical (unpaired) electrons. The van der Waals surface area contributed by atoms with E-state index in [0.29, 0.717) is 11.1 Å². The summed E-state index contributed by atoms with van der Waals surface area (Å²) < 4.78 is 2.60. The fourth-order valence-electron chi connectivity index (χ4n) is 8.44. The van der Waals surface area contributed by atoms with Gasteiger partial charge in [-0.25, -0.2) is 0 Å². The van der Waals surface area contributed by atoms with Crippen molar-refractivity contribution in [1.82, 2.24) is 4.57 Å². The molecule has 2 unspecified atom stereocenters. The summed E-state index contributed by atoms with van der Waals surface area (Å²) in [5, 5.41) is 0. The zero-order valence-corrected chi connectivity index (χ0v) is 24.3. The van der Waals surface area contributed by atoms with E-state index >= 15 is 0 Å². The maximum absolute atomic E-state index is 3.42. The van der Waals surface area contributed by atoms with Crippen LogP contribution < -0.4 is 0 Å². The van der Waals surface area contributed by atoms with Gasteiger partial charge < -0.3 is 4.57 Å². The molecule has 1 nitrogen and oxygen atoms in total. The average Bonchev–Trinajstić information content (AvgIpc) is 3.60. The van der Waals surface area contributed by atoms with Gasteiger partial charge in [0.25, 0.3) is 0 Å². The number of hydrogen-bond donors (Lipinski definition) is 0. The lowest BCUT2D eigenvalue weighted by Crippen LogP contribution is -2.45. The molecule has 2 heteroatoms. The summed E-state index contributed by atoms with van der Waals surface area (Å²) in [7, 11) is -2.02. The van der Waals surface area contributed by atoms with E-state index in [0.717, 1.165) is 6.42 Å². The van der Waals surface area contributed by atoms with Gasteiger partial charge in [0.2, 0.25) is 0 Å². The molecule has 0 fully saturated rings. The van der Waals surface area contributed by atoms with Gasteiger partial charge in [-0.2, -0.15) is 0 Å². The number of nitrogens with zero attached hydrogens (tertiary/aromatic N) is 1. The van der Waals surface area contributed by atoms with Gasteiger partial charge in [-0.15, -0.1) is 0 Å². The van der Waals surface area contributed by atoms with Crippen LogP contribution in [-0.4, -0.2) is 12.6 Å². The third kappa shape index (κ3) is 2.97. The largest absolute Gasteiger partial charge is 0.315 e. The van der Waals surface area contributed by atoms with Crippen molar-refractivity contribution in [3.8, 4) is 39.8 Å². The minimum Gasteiger partial charge on any atom is -0.315 e. The molecule has 3 aliphatic carbocycles. The number of rotatable bonds is 2. The fourth-order valence-corrected chi connectivity index (χ4v) is 12.9. The maximum atomic E-state index is 3.42. The number of aromatic nitrogens is 1. The van der Waals surface area contributed by atoms with Crippen LogP contribution in [0.15, 0.2) is 103 Å². The predicted molar refractivity (Wildman–Crippen MR) is 174 cm³/mol. The monoisotopic (exact) mass is 539 g/mol. The Morgan fingerprint density at radius 1 is 0.732 bits per heavy atom. The molecule has 1 aromatic heterocycles. The highest BCUT2D eigenvalue weighted by Crippen LogP contribution is 2.64. The fraction of sp³-hybridized carbons (Fsp3) is 0.128. The normalized spacial score (nSPS) is 19.6. The highest BCUT2D eigenvalue weighted by atomic mass is 28.3. The molecule has 4 aliphatic rings. The first-order chi connectivity index (χ1) is 20.1. The van der Waals surface area contributed by atoms with Crippen LogP contribution in [0.2, 0.25) is 13.1 Å². The van der Waals surface area contributed by atoms with E-state index in [4.69, 9.17) is 0 Å². The highest BCUT2D eigenvalue weighted by Gasteiger charge is 2.56. The first-order valence-corrected chi connectivity index (χ1v) is 17.8. The van der Waals surface area contributed by atoms with Gasteiger partial charge >= 0.3 is 0 Å². The maximum Gasteiger partial charge on any atom is 0.0750 e. The molecule has 2 atom stereocenters. The first kappa shape index (κ1) is 23.2. The molecule has 0 N–H and O–H groups in total. The van der Waals surface area contributed by atoms with Crippen molar-refractivity contribution in [3.05, 3.63) is 142 Å². The molecule has 0 saturated heterocycles. The lowest BCUT2D eigenvalue weighted by Gasteiger charge is -2.44. The van der Waals surface area contributed by atoms with E-state index in [1.54, 1.807) is 5.56 Å². The zero-order valence-electron chi connectivity index (χ0n) is 23.3. The Balaban J connectivity index is 1.35. The van der Waals surface area contributed by atoms with E-state index in [1.807, 2.05) is 0 Å². The smallest absolute Gasteiger partial charge is 0.0750 e. The Hall–Kier alpha value is -4.58. The summed E-state index contributed by atoms with van der Waals surface area (Å²) in [5.41, 5.74) is 19.3. The summed E-state index contributed by atoms with van der Waals surface area (Å²) >= 11 is 0. The summed E-state index contributed by atoms with van der Waals surface area (Å²) in [6.45, 7) is 5.30. The second kappa shape index (κ2) is 8.23. The van der Waals surface area contributed by atoms with Crippen molar-refractivity contribution in [1.29, 1.82) is 0 Å². The van der Waals surface area contributed by atoms with Gasteiger partial charge in [0.15, 0.2) is 0 Å². The standard InChI is InChI=1S/C39H29NSi/c1-41(2)38-29-21-12-19-27(25-14-6-3-7-15-25)32(29)24-33(38)28-20-13-22-31-35-30-18-10-5-11-23-34(30)40(26-16-8-4-9-17-26)37(35)39(41)36(28)31/h3-4,6-10,12-22,24,38-39H,23H2,1-2H3. The summed E-state index contributed by atoms with van der Waals surface area (Å²) in [6, 6.07) is 36.0. The number of allylic oxidation sites excluding steroid dienone is 2. The molecule has 0 amide bonds. The van der Waals surface area contributed by atoms with Gasteiger partial charge in [-0.1, -0.05) is 110 Å². The highest BCUT2D eigenvalue weighted by molar-refractivity contribution is 6.83. The van der Waals surface area contributed by atoms with Crippen LogP contribution in [0.1, 0.15) is 50.3 Å². The van der Waals surface area contributed by atoms with E-state index in [-0.39, 0.29) is 0 Å². The molecular weight excluding hydrogens is 511 g/mol. The molecule has 41 heavy (non-hydrogen) atoms. The average molecular weight is 540 g/mol. The van der Waals surface area contributed by atoms with Crippen LogP contribution >= 0.6 is 0 Å². The Bertz CT molecular complexity index is 2040. The van der Waals surface area contributed by atoms with Crippen LogP contribution in [0.3, 0.4) is 0 Å². The topological polar surface area (TPSA) is 4.93 Å². The van der Waals surface area contributed by atoms with Crippen molar-refractivity contribution < 1.29 is 0 Å². The van der Waals surface area contributed by atoms with Crippen molar-refractivity contribution in [2.45, 2.75) is 30.6 Å². The SMILES string of the molecule is C[Si]1(C)C2C(=Cc3c(-c4ccccc4)cccc32)c2cccc3c2C1c1c-3c2c(n1-c1ccccc1)CC#CC=C2. The Labute approximate surface area is 242 Å². The molecule has 4 aromatic carbocycles. The third-order valence-corrected chi connectivity index (χ3v) is 14.1. The zero-order chi connectivity index (χ0) is 27.3. The number of benzene rings is 4. The second-order valence-electron chi connectivity index (χ2n) is 12.4. The van der Waals surface area contributed by atoms with Crippen molar-refractivity contribution in [3.63, 3.8) is 0 Å². The number of para-hydroxylation sites is 1. The molecule has 0 saturated carbocycles. The molecule has 0 spiro atoms.